The van der Waals surface area contributed by atoms with Crippen molar-refractivity contribution >= 4 is 24.5 Å². The van der Waals surface area contributed by atoms with Gasteiger partial charge >= 0.3 is 6.09 Å². The fourth-order valence-electron chi connectivity index (χ4n) is 5.35. The number of carbonyl (C=O) groups excluding carboxylic acids is 1. The van der Waals surface area contributed by atoms with Crippen LogP contribution in [0.4, 0.5) is 4.79 Å². The summed E-state index contributed by atoms with van der Waals surface area (Å²) in [6.45, 7) is 13.6. The topological polar surface area (TPSA) is 109 Å². The fraction of sp³-hybridized carbons (Fsp3) is 0.594. The summed E-state index contributed by atoms with van der Waals surface area (Å²) in [5.74, 6) is -0.653. The lowest BCUT2D eigenvalue weighted by atomic mass is 9.75. The van der Waals surface area contributed by atoms with Gasteiger partial charge in [0.1, 0.15) is 6.61 Å². The molecule has 1 saturated heterocycles. The van der Waals surface area contributed by atoms with Crippen LogP contribution in [-0.2, 0) is 39.5 Å². The van der Waals surface area contributed by atoms with E-state index >= 15 is 0 Å². The molecule has 2 aliphatic rings. The van der Waals surface area contributed by atoms with E-state index in [1.807, 2.05) is 37.3 Å². The summed E-state index contributed by atoms with van der Waals surface area (Å²) in [7, 11) is -6.39. The normalized spacial score (nSPS) is 19.2. The SMILES string of the molecule is Cc1ccc(S(=O)(=O)OCC(CC2(NC(=O)OCc3ccccc3)CCC3(CC2)OCCO3)O[Si](C)(C)C(C)(C)C)cc1. The highest BCUT2D eigenvalue weighted by atomic mass is 32.2. The molecule has 1 spiro atoms. The second-order valence-electron chi connectivity index (χ2n) is 13.3. The molecule has 1 heterocycles. The molecule has 0 aromatic heterocycles. The molecule has 43 heavy (non-hydrogen) atoms. The Morgan fingerprint density at radius 1 is 0.977 bits per heavy atom. The third kappa shape index (κ3) is 8.89. The van der Waals surface area contributed by atoms with Crippen molar-refractivity contribution < 1.29 is 36.0 Å². The molecule has 1 N–H and O–H groups in total. The Bertz CT molecular complexity index is 1310. The highest BCUT2D eigenvalue weighted by molar-refractivity contribution is 7.86. The number of alkyl carbamates (subject to hydrolysis) is 1. The molecule has 4 rings (SSSR count). The Morgan fingerprint density at radius 3 is 2.16 bits per heavy atom. The van der Waals surface area contributed by atoms with Crippen LogP contribution in [0, 0.1) is 6.92 Å². The van der Waals surface area contributed by atoms with Crippen molar-refractivity contribution in [1.29, 1.82) is 0 Å². The first-order chi connectivity index (χ1) is 20.1. The van der Waals surface area contributed by atoms with Crippen molar-refractivity contribution in [2.75, 3.05) is 19.8 Å². The molecule has 1 unspecified atom stereocenters. The predicted molar refractivity (Wildman–Crippen MR) is 167 cm³/mol. The van der Waals surface area contributed by atoms with Crippen LogP contribution in [0.5, 0.6) is 0 Å². The van der Waals surface area contributed by atoms with Gasteiger partial charge in [-0.2, -0.15) is 8.42 Å². The molecule has 0 radical (unpaired) electrons. The summed E-state index contributed by atoms with van der Waals surface area (Å²) >= 11 is 0. The van der Waals surface area contributed by atoms with Crippen LogP contribution in [-0.4, -0.2) is 60.1 Å². The van der Waals surface area contributed by atoms with E-state index in [2.05, 4.69) is 39.2 Å². The number of carbonyl (C=O) groups is 1. The highest BCUT2D eigenvalue weighted by Gasteiger charge is 2.49. The summed E-state index contributed by atoms with van der Waals surface area (Å²) in [6, 6.07) is 16.1. The zero-order valence-electron chi connectivity index (χ0n) is 26.3. The third-order valence-electron chi connectivity index (χ3n) is 8.97. The van der Waals surface area contributed by atoms with Gasteiger partial charge in [-0.3, -0.25) is 4.18 Å². The minimum Gasteiger partial charge on any atom is -0.445 e. The molecule has 11 heteroatoms. The molecule has 2 fully saturated rings. The maximum absolute atomic E-state index is 13.2. The van der Waals surface area contributed by atoms with E-state index in [1.165, 1.54) is 0 Å². The first-order valence-corrected chi connectivity index (χ1v) is 19.4. The molecule has 238 valence electrons. The second kappa shape index (κ2) is 13.4. The monoisotopic (exact) mass is 633 g/mol. The number of amides is 1. The molecule has 2 aromatic carbocycles. The minimum absolute atomic E-state index is 0.0941. The lowest BCUT2D eigenvalue weighted by molar-refractivity contribution is -0.187. The number of hydrogen-bond donors (Lipinski definition) is 1. The molecular weight excluding hydrogens is 587 g/mol. The van der Waals surface area contributed by atoms with Crippen molar-refractivity contribution in [3.63, 3.8) is 0 Å². The zero-order valence-corrected chi connectivity index (χ0v) is 28.1. The van der Waals surface area contributed by atoms with E-state index in [-0.39, 0.29) is 23.1 Å². The van der Waals surface area contributed by atoms with Gasteiger partial charge in [0.15, 0.2) is 14.1 Å². The number of benzene rings is 2. The standard InChI is InChI=1S/C32H47NO8SSi/c1-25-12-14-28(15-13-25)42(35,36)40-24-27(41-43(5,6)30(2,3)4)22-31(16-18-32(19-17-31)38-20-21-39-32)33-29(34)37-23-26-10-8-7-9-11-26/h7-15,27H,16-24H2,1-6H3,(H,33,34). The van der Waals surface area contributed by atoms with Gasteiger partial charge in [-0.25, -0.2) is 4.79 Å². The maximum atomic E-state index is 13.2. The molecule has 1 saturated carbocycles. The van der Waals surface area contributed by atoms with Crippen LogP contribution in [0.15, 0.2) is 59.5 Å². The predicted octanol–water partition coefficient (Wildman–Crippen LogP) is 6.46. The smallest absolute Gasteiger partial charge is 0.407 e. The fourth-order valence-corrected chi connectivity index (χ4v) is 7.63. The van der Waals surface area contributed by atoms with E-state index in [4.69, 9.17) is 22.8 Å². The van der Waals surface area contributed by atoms with Crippen molar-refractivity contribution in [2.45, 2.75) is 107 Å². The molecule has 9 nitrogen and oxygen atoms in total. The van der Waals surface area contributed by atoms with Crippen LogP contribution in [0.25, 0.3) is 0 Å². The zero-order chi connectivity index (χ0) is 31.4. The number of ether oxygens (including phenoxy) is 3. The van der Waals surface area contributed by atoms with Crippen LogP contribution in [0.1, 0.15) is 64.0 Å². The van der Waals surface area contributed by atoms with Gasteiger partial charge in [-0.15, -0.1) is 0 Å². The van der Waals surface area contributed by atoms with Gasteiger partial charge < -0.3 is 24.0 Å². The summed E-state index contributed by atoms with van der Waals surface area (Å²) < 4.78 is 56.3. The van der Waals surface area contributed by atoms with E-state index in [1.54, 1.807) is 24.3 Å². The summed E-state index contributed by atoms with van der Waals surface area (Å²) in [4.78, 5) is 13.3. The molecule has 1 atom stereocenters. The van der Waals surface area contributed by atoms with Gasteiger partial charge in [0, 0.05) is 18.4 Å². The van der Waals surface area contributed by atoms with E-state index in [0.29, 0.717) is 45.3 Å². The van der Waals surface area contributed by atoms with Crippen LogP contribution >= 0.6 is 0 Å². The van der Waals surface area contributed by atoms with Crippen molar-refractivity contribution in [3.05, 3.63) is 65.7 Å². The van der Waals surface area contributed by atoms with Crippen molar-refractivity contribution in [1.82, 2.24) is 5.32 Å². The average Bonchev–Trinajstić information content (AvgIpc) is 3.41. The van der Waals surface area contributed by atoms with Gasteiger partial charge in [0.05, 0.1) is 30.8 Å². The Hall–Kier alpha value is -2.28. The first kappa shape index (κ1) is 33.6. The summed E-state index contributed by atoms with van der Waals surface area (Å²) in [6.07, 6.45) is 1.48. The highest BCUT2D eigenvalue weighted by Crippen LogP contribution is 2.44. The lowest BCUT2D eigenvalue weighted by Crippen LogP contribution is -2.57. The number of aryl methyl sites for hydroxylation is 1. The number of hydrogen-bond acceptors (Lipinski definition) is 8. The Kier molecular flexibility index (Phi) is 10.5. The van der Waals surface area contributed by atoms with Crippen LogP contribution in [0.3, 0.4) is 0 Å². The van der Waals surface area contributed by atoms with E-state index < -0.39 is 42.0 Å². The van der Waals surface area contributed by atoms with Crippen LogP contribution in [0.2, 0.25) is 18.1 Å². The number of nitrogens with one attached hydrogen (secondary N) is 1. The van der Waals surface area contributed by atoms with Crippen molar-refractivity contribution in [3.8, 4) is 0 Å². The van der Waals surface area contributed by atoms with Crippen molar-refractivity contribution in [2.24, 2.45) is 0 Å². The van der Waals surface area contributed by atoms with Gasteiger partial charge in [-0.1, -0.05) is 68.8 Å². The maximum Gasteiger partial charge on any atom is 0.407 e. The third-order valence-corrected chi connectivity index (χ3v) is 14.8. The van der Waals surface area contributed by atoms with Crippen LogP contribution < -0.4 is 5.32 Å². The average molecular weight is 634 g/mol. The van der Waals surface area contributed by atoms with Gasteiger partial charge in [0.25, 0.3) is 10.1 Å². The second-order valence-corrected chi connectivity index (χ2v) is 19.7. The molecule has 1 aliphatic heterocycles. The van der Waals surface area contributed by atoms with Gasteiger partial charge in [0.2, 0.25) is 0 Å². The quantitative estimate of drug-likeness (QED) is 0.222. The van der Waals surface area contributed by atoms with E-state index in [0.717, 1.165) is 11.1 Å². The summed E-state index contributed by atoms with van der Waals surface area (Å²) in [5, 5.41) is 3.03. The largest absolute Gasteiger partial charge is 0.445 e. The molecule has 1 amide bonds. The first-order valence-electron chi connectivity index (χ1n) is 15.0. The Labute approximate surface area is 257 Å². The lowest BCUT2D eigenvalue weighted by Gasteiger charge is -2.47. The minimum atomic E-state index is -4.02. The Balaban J connectivity index is 1.56. The van der Waals surface area contributed by atoms with Gasteiger partial charge in [-0.05, 0) is 62.0 Å². The molecular formula is C32H47NO8SSi. The molecule has 2 aromatic rings. The van der Waals surface area contributed by atoms with E-state index in [9.17, 15) is 13.2 Å². The summed E-state index contributed by atoms with van der Waals surface area (Å²) in [5.41, 5.74) is 1.10. The molecule has 1 aliphatic carbocycles. The Morgan fingerprint density at radius 2 is 1.58 bits per heavy atom. The number of rotatable bonds is 11. The molecule has 0 bridgehead atoms.